The molecule has 0 fully saturated rings. The summed E-state index contributed by atoms with van der Waals surface area (Å²) in [5, 5.41) is 33.4. The van der Waals surface area contributed by atoms with Crippen molar-refractivity contribution in [3.63, 3.8) is 0 Å². The predicted molar refractivity (Wildman–Crippen MR) is 105 cm³/mol. The highest BCUT2D eigenvalue weighted by Crippen LogP contribution is 2.32. The summed E-state index contributed by atoms with van der Waals surface area (Å²) in [6.45, 7) is 1.99. The third-order valence-electron chi connectivity index (χ3n) is 4.26. The number of halogens is 1. The van der Waals surface area contributed by atoms with E-state index in [0.29, 0.717) is 11.1 Å². The van der Waals surface area contributed by atoms with E-state index in [9.17, 15) is 30.3 Å². The zero-order chi connectivity index (χ0) is 21.8. The number of hydrogen-bond acceptors (Lipinski definition) is 7. The van der Waals surface area contributed by atoms with Crippen molar-refractivity contribution in [2.45, 2.75) is 6.92 Å². The molecule has 0 amide bonds. The molecule has 31 heavy (non-hydrogen) atoms. The van der Waals surface area contributed by atoms with Crippen LogP contribution in [0, 0.1) is 30.3 Å². The van der Waals surface area contributed by atoms with E-state index in [4.69, 9.17) is 4.74 Å². The molecule has 0 bridgehead atoms. The first kappa shape index (κ1) is 23.2. The van der Waals surface area contributed by atoms with Crippen molar-refractivity contribution in [1.29, 1.82) is 0 Å². The molecule has 12 heteroatoms. The molecule has 160 valence electrons. The highest BCUT2D eigenvalue weighted by atomic mass is 35.5. The van der Waals surface area contributed by atoms with Crippen molar-refractivity contribution in [1.82, 2.24) is 0 Å². The lowest BCUT2D eigenvalue weighted by Gasteiger charge is -2.07. The Hall–Kier alpha value is -4.12. The molecule has 0 aliphatic carbocycles. The number of ether oxygens (including phenoxy) is 1. The SMILES string of the molecule is CCOc1cc(-c2cc[n+](-c3ccc([N+](=O)[O-])cc3[N+](=O)[O-])cc2)ccc1[N+](=O)[O-].[Cl-]. The van der Waals surface area contributed by atoms with Gasteiger partial charge in [-0.15, -0.1) is 0 Å². The summed E-state index contributed by atoms with van der Waals surface area (Å²) in [7, 11) is 0. The largest absolute Gasteiger partial charge is 1.00 e. The fraction of sp³-hybridized carbons (Fsp3) is 0.105. The van der Waals surface area contributed by atoms with Gasteiger partial charge in [-0.3, -0.25) is 30.3 Å². The Morgan fingerprint density at radius 3 is 2.00 bits per heavy atom. The highest BCUT2D eigenvalue weighted by Gasteiger charge is 2.26. The summed E-state index contributed by atoms with van der Waals surface area (Å²) >= 11 is 0. The molecular formula is C19H15ClN4O7. The maximum absolute atomic E-state index is 11.3. The van der Waals surface area contributed by atoms with Crippen LogP contribution in [0.15, 0.2) is 60.9 Å². The molecule has 0 aliphatic heterocycles. The monoisotopic (exact) mass is 446 g/mol. The number of nitrogens with zero attached hydrogens (tertiary/aromatic N) is 4. The van der Waals surface area contributed by atoms with Gasteiger partial charge in [-0.1, -0.05) is 0 Å². The minimum absolute atomic E-state index is 0. The van der Waals surface area contributed by atoms with Crippen LogP contribution in [0.3, 0.4) is 0 Å². The van der Waals surface area contributed by atoms with Crippen molar-refractivity contribution in [3.8, 4) is 22.6 Å². The normalized spacial score (nSPS) is 10.1. The fourth-order valence-corrected chi connectivity index (χ4v) is 2.89. The van der Waals surface area contributed by atoms with Crippen LogP contribution in [0.25, 0.3) is 16.8 Å². The Morgan fingerprint density at radius 1 is 0.806 bits per heavy atom. The Labute approximate surface area is 181 Å². The molecule has 0 radical (unpaired) electrons. The summed E-state index contributed by atoms with van der Waals surface area (Å²) in [5.74, 6) is 0.141. The molecule has 0 spiro atoms. The number of non-ortho nitro benzene ring substituents is 1. The van der Waals surface area contributed by atoms with Crippen LogP contribution in [-0.2, 0) is 0 Å². The Balaban J connectivity index is 0.00000341. The van der Waals surface area contributed by atoms with Crippen LogP contribution in [0.1, 0.15) is 6.92 Å². The van der Waals surface area contributed by atoms with E-state index < -0.39 is 20.5 Å². The molecule has 1 aromatic heterocycles. The molecule has 0 saturated heterocycles. The van der Waals surface area contributed by atoms with E-state index in [2.05, 4.69) is 0 Å². The molecule has 0 unspecified atom stereocenters. The van der Waals surface area contributed by atoms with Crippen molar-refractivity contribution in [3.05, 3.63) is 91.3 Å². The molecule has 11 nitrogen and oxygen atoms in total. The average molecular weight is 447 g/mol. The summed E-state index contributed by atoms with van der Waals surface area (Å²) in [5.41, 5.74) is 0.595. The maximum atomic E-state index is 11.3. The molecule has 0 aliphatic rings. The minimum atomic E-state index is -0.699. The third-order valence-corrected chi connectivity index (χ3v) is 4.26. The van der Waals surface area contributed by atoms with Crippen LogP contribution in [0.5, 0.6) is 5.75 Å². The second-order valence-electron chi connectivity index (χ2n) is 6.05. The first-order valence-corrected chi connectivity index (χ1v) is 8.68. The van der Waals surface area contributed by atoms with Crippen molar-refractivity contribution in [2.24, 2.45) is 0 Å². The number of rotatable bonds is 7. The van der Waals surface area contributed by atoms with Crippen LogP contribution in [0.2, 0.25) is 0 Å². The number of nitro groups is 3. The van der Waals surface area contributed by atoms with Gasteiger partial charge >= 0.3 is 11.4 Å². The lowest BCUT2D eigenvalue weighted by atomic mass is 10.1. The Morgan fingerprint density at radius 2 is 1.45 bits per heavy atom. The van der Waals surface area contributed by atoms with Gasteiger partial charge in [0, 0.05) is 30.3 Å². The first-order valence-electron chi connectivity index (χ1n) is 8.68. The van der Waals surface area contributed by atoms with Crippen molar-refractivity contribution >= 4 is 17.1 Å². The molecule has 3 aromatic rings. The van der Waals surface area contributed by atoms with E-state index in [0.717, 1.165) is 6.07 Å². The predicted octanol–water partition coefficient (Wildman–Crippen LogP) is 0.758. The minimum Gasteiger partial charge on any atom is -1.00 e. The topological polar surface area (TPSA) is 143 Å². The van der Waals surface area contributed by atoms with Gasteiger partial charge in [0.1, 0.15) is 6.07 Å². The number of hydrogen-bond donors (Lipinski definition) is 0. The van der Waals surface area contributed by atoms with Gasteiger partial charge in [-0.25, -0.2) is 0 Å². The Kier molecular flexibility index (Phi) is 7.16. The standard InChI is InChI=1S/C19H15N4O7.ClH/c1-2-30-19-11-14(3-5-17(19)22(26)27)13-7-9-20(10-8-13)16-6-4-15(21(24)25)12-18(16)23(28)29;/h3-12H,2H2,1H3;1H/q+1;/p-1. The summed E-state index contributed by atoms with van der Waals surface area (Å²) in [6.07, 6.45) is 3.12. The first-order chi connectivity index (χ1) is 14.3. The molecule has 3 rings (SSSR count). The lowest BCUT2D eigenvalue weighted by Crippen LogP contribution is -3.00. The van der Waals surface area contributed by atoms with Crippen molar-refractivity contribution in [2.75, 3.05) is 6.61 Å². The third kappa shape index (κ3) is 4.90. The van der Waals surface area contributed by atoms with E-state index >= 15 is 0 Å². The Bertz CT molecular complexity index is 1150. The molecule has 0 saturated carbocycles. The molecule has 0 atom stereocenters. The lowest BCUT2D eigenvalue weighted by molar-refractivity contribution is -0.600. The molecule has 0 N–H and O–H groups in total. The van der Waals surface area contributed by atoms with Gasteiger partial charge in [-0.05, 0) is 30.2 Å². The smallest absolute Gasteiger partial charge is 0.347 e. The second kappa shape index (κ2) is 9.59. The number of pyridine rings is 1. The van der Waals surface area contributed by atoms with Crippen LogP contribution < -0.4 is 21.7 Å². The summed E-state index contributed by atoms with van der Waals surface area (Å²) in [4.78, 5) is 31.4. The summed E-state index contributed by atoms with van der Waals surface area (Å²) < 4.78 is 6.81. The quantitative estimate of drug-likeness (QED) is 0.296. The number of aromatic nitrogens is 1. The van der Waals surface area contributed by atoms with Crippen molar-refractivity contribution < 1.29 is 36.5 Å². The molecular weight excluding hydrogens is 432 g/mol. The van der Waals surface area contributed by atoms with Crippen LogP contribution in [0.4, 0.5) is 17.1 Å². The van der Waals surface area contributed by atoms with Gasteiger partial charge in [0.2, 0.25) is 0 Å². The van der Waals surface area contributed by atoms with E-state index in [1.54, 1.807) is 43.6 Å². The maximum Gasteiger partial charge on any atom is 0.347 e. The van der Waals surface area contributed by atoms with Crippen LogP contribution >= 0.6 is 0 Å². The van der Waals surface area contributed by atoms with Gasteiger partial charge in [0.15, 0.2) is 18.1 Å². The summed E-state index contributed by atoms with van der Waals surface area (Å²) in [6, 6.07) is 11.2. The average Bonchev–Trinajstić information content (AvgIpc) is 2.73. The van der Waals surface area contributed by atoms with E-state index in [1.165, 1.54) is 22.8 Å². The van der Waals surface area contributed by atoms with E-state index in [1.807, 2.05) is 0 Å². The highest BCUT2D eigenvalue weighted by molar-refractivity contribution is 5.68. The molecule has 1 heterocycles. The van der Waals surface area contributed by atoms with Gasteiger partial charge in [0.25, 0.3) is 11.4 Å². The van der Waals surface area contributed by atoms with Gasteiger partial charge < -0.3 is 17.1 Å². The number of nitro benzene ring substituents is 3. The van der Waals surface area contributed by atoms with Gasteiger partial charge in [-0.2, -0.15) is 4.57 Å². The van der Waals surface area contributed by atoms with Crippen LogP contribution in [-0.4, -0.2) is 21.4 Å². The fourth-order valence-electron chi connectivity index (χ4n) is 2.89. The molecule has 2 aromatic carbocycles. The van der Waals surface area contributed by atoms with E-state index in [-0.39, 0.29) is 41.8 Å². The second-order valence-corrected chi connectivity index (χ2v) is 6.05. The number of benzene rings is 2. The zero-order valence-electron chi connectivity index (χ0n) is 16.0. The van der Waals surface area contributed by atoms with Gasteiger partial charge in [0.05, 0.1) is 21.4 Å². The zero-order valence-corrected chi connectivity index (χ0v) is 16.8.